The number of carbonyl (C=O) groups excluding carboxylic acids is 2. The first-order valence-corrected chi connectivity index (χ1v) is 30.0. The normalized spacial score (nSPS) is 12.7. The summed E-state index contributed by atoms with van der Waals surface area (Å²) in [6.07, 6.45) is 65.9. The Morgan fingerprint density at radius 2 is 0.730 bits per heavy atom. The molecule has 0 amide bonds. The molecule has 2 atom stereocenters. The third-order valence-electron chi connectivity index (χ3n) is 12.1. The number of esters is 2. The molecular formula is C64H118N2O8. The van der Waals surface area contributed by atoms with Crippen LogP contribution in [0.15, 0.2) is 72.9 Å². The summed E-state index contributed by atoms with van der Waals surface area (Å²) < 4.78 is 11.2. The molecule has 74 heavy (non-hydrogen) atoms. The van der Waals surface area contributed by atoms with Crippen molar-refractivity contribution < 1.29 is 39.2 Å². The molecule has 0 saturated heterocycles. The van der Waals surface area contributed by atoms with Crippen LogP contribution in [-0.4, -0.2) is 110 Å². The van der Waals surface area contributed by atoms with E-state index in [1.54, 1.807) is 0 Å². The summed E-state index contributed by atoms with van der Waals surface area (Å²) in [5, 5.41) is 25.5. The van der Waals surface area contributed by atoms with E-state index in [1.807, 2.05) is 38.0 Å². The average molecular weight is 1040 g/mol. The van der Waals surface area contributed by atoms with Gasteiger partial charge in [-0.3, -0.25) is 14.4 Å². The number of rotatable bonds is 50. The molecule has 0 aliphatic rings. The third-order valence-corrected chi connectivity index (χ3v) is 12.1. The van der Waals surface area contributed by atoms with Gasteiger partial charge in [0.2, 0.25) is 0 Å². The highest BCUT2D eigenvalue weighted by molar-refractivity contribution is 5.70. The van der Waals surface area contributed by atoms with E-state index in [0.29, 0.717) is 32.4 Å². The van der Waals surface area contributed by atoms with E-state index in [2.05, 4.69) is 93.7 Å². The summed E-state index contributed by atoms with van der Waals surface area (Å²) in [7, 11) is 7.56. The molecule has 0 bridgehead atoms. The van der Waals surface area contributed by atoms with Gasteiger partial charge in [0.15, 0.2) is 0 Å². The van der Waals surface area contributed by atoms with Gasteiger partial charge in [-0.15, -0.1) is 0 Å². The molecule has 0 aromatic rings. The topological polar surface area (TPSA) is 137 Å². The Morgan fingerprint density at radius 1 is 0.419 bits per heavy atom. The average Bonchev–Trinajstić information content (AvgIpc) is 3.36. The molecule has 0 fully saturated rings. The summed E-state index contributed by atoms with van der Waals surface area (Å²) in [5.74, 6) is -1.06. The lowest BCUT2D eigenvalue weighted by molar-refractivity contribution is -0.160. The van der Waals surface area contributed by atoms with Gasteiger partial charge >= 0.3 is 17.9 Å². The lowest BCUT2D eigenvalue weighted by Crippen LogP contribution is -2.34. The molecule has 0 saturated carbocycles. The van der Waals surface area contributed by atoms with Crippen LogP contribution in [0.4, 0.5) is 0 Å². The molecule has 0 aliphatic heterocycles. The molecule has 0 spiro atoms. The molecule has 3 N–H and O–H groups in total. The zero-order valence-corrected chi connectivity index (χ0v) is 49.1. The second-order valence-electron chi connectivity index (χ2n) is 20.5. The maximum atomic E-state index is 12.4. The number of hydrogen-bond acceptors (Lipinski definition) is 9. The van der Waals surface area contributed by atoms with Gasteiger partial charge in [0.1, 0.15) is 12.7 Å². The lowest BCUT2D eigenvalue weighted by Gasteiger charge is -2.21. The second kappa shape index (κ2) is 64.0. The van der Waals surface area contributed by atoms with Crippen molar-refractivity contribution in [3.05, 3.63) is 72.9 Å². The minimum atomic E-state index is -0.671. The van der Waals surface area contributed by atoms with Gasteiger partial charge in [-0.1, -0.05) is 190 Å². The van der Waals surface area contributed by atoms with Gasteiger partial charge in [0.25, 0.3) is 0 Å². The first-order valence-electron chi connectivity index (χ1n) is 30.0. The van der Waals surface area contributed by atoms with Gasteiger partial charge in [-0.05, 0) is 144 Å². The van der Waals surface area contributed by atoms with Crippen molar-refractivity contribution in [3.8, 4) is 0 Å². The quantitative estimate of drug-likeness (QED) is 0.0307. The highest BCUT2D eigenvalue weighted by atomic mass is 16.6. The number of carbonyl (C=O) groups is 3. The van der Waals surface area contributed by atoms with Crippen molar-refractivity contribution in [2.75, 3.05) is 54.5 Å². The number of likely N-dealkylation sites (N-methyl/N-ethyl adjacent to an activating group) is 2. The van der Waals surface area contributed by atoms with E-state index in [1.165, 1.54) is 122 Å². The van der Waals surface area contributed by atoms with Crippen molar-refractivity contribution in [2.45, 2.75) is 264 Å². The highest BCUT2D eigenvalue weighted by Gasteiger charge is 2.18. The van der Waals surface area contributed by atoms with Crippen LogP contribution in [0.5, 0.6) is 0 Å². The van der Waals surface area contributed by atoms with Crippen LogP contribution in [0.2, 0.25) is 0 Å². The zero-order chi connectivity index (χ0) is 55.2. The number of allylic oxidation sites excluding steroid dienone is 12. The summed E-state index contributed by atoms with van der Waals surface area (Å²) in [6.45, 7) is 7.76. The number of aliphatic hydroxyl groups is 2. The minimum absolute atomic E-state index is 0.130. The maximum absolute atomic E-state index is 12.4. The smallest absolute Gasteiger partial charge is 0.306 e. The standard InChI is InChI=1S/C41H73NO4.C18H32O2.C5H13NO2/c1-5-7-9-11-13-15-17-19-21-23-25-27-29-31-33-35-40(43)45-38-39(37-42(3)4)46-41(44)36-34-32-30-28-26-24-22-20-18-16-14-12-10-8-6-2;1-2-3-4-5-6-7-8-9-10-11-12-13-14-15-16-17-18(19)20;1-6(2)3-5(8)4-7/h13-16,19-22,39H,5-12,17-18,23-38H2,1-4H3;6-7,9-10H,2-5,8,11-17H2,1H3,(H,19,20);5,7-8H,3-4H2,1-2H3/b15-13-,16-14-,21-19-,22-20-;7-6-,10-9-;. The second-order valence-corrected chi connectivity index (χ2v) is 20.5. The van der Waals surface area contributed by atoms with Crippen LogP contribution in [-0.2, 0) is 23.9 Å². The van der Waals surface area contributed by atoms with E-state index in [-0.39, 0.29) is 25.2 Å². The predicted molar refractivity (Wildman–Crippen MR) is 317 cm³/mol. The van der Waals surface area contributed by atoms with Crippen molar-refractivity contribution in [1.82, 2.24) is 9.80 Å². The maximum Gasteiger partial charge on any atom is 0.306 e. The van der Waals surface area contributed by atoms with Crippen LogP contribution >= 0.6 is 0 Å². The predicted octanol–water partition coefficient (Wildman–Crippen LogP) is 16.4. The Kier molecular flexibility index (Phi) is 64.8. The number of unbranched alkanes of at least 4 members (excludes halogenated alkanes) is 24. The van der Waals surface area contributed by atoms with Crippen molar-refractivity contribution in [1.29, 1.82) is 0 Å². The lowest BCUT2D eigenvalue weighted by atomic mass is 10.1. The number of aliphatic carboxylic acids is 1. The summed E-state index contributed by atoms with van der Waals surface area (Å²) in [4.78, 5) is 38.8. The van der Waals surface area contributed by atoms with Gasteiger partial charge < -0.3 is 34.6 Å². The van der Waals surface area contributed by atoms with Gasteiger partial charge in [-0.25, -0.2) is 0 Å². The number of nitrogens with zero attached hydrogens (tertiary/aromatic N) is 2. The number of carboxylic acid groups (broad SMARTS) is 1. The molecule has 0 radical (unpaired) electrons. The Balaban J connectivity index is -0.00000147. The fourth-order valence-corrected chi connectivity index (χ4v) is 7.76. The Hall–Kier alpha value is -3.31. The van der Waals surface area contributed by atoms with Crippen molar-refractivity contribution in [2.24, 2.45) is 0 Å². The highest BCUT2D eigenvalue weighted by Crippen LogP contribution is 2.13. The van der Waals surface area contributed by atoms with Crippen LogP contribution in [0, 0.1) is 0 Å². The SMILES string of the molecule is CCCCC/C=C\C/C=C\CCCCCCCC(=O)O.CCCCC/C=C\C/C=C\CCCCCCCC(=O)OCC(CN(C)C)OC(=O)CCCCCCC/C=C\C/C=C\CCCCC.CN(C)CC(O)CO. The van der Waals surface area contributed by atoms with E-state index in [4.69, 9.17) is 24.8 Å². The van der Waals surface area contributed by atoms with Crippen LogP contribution in [0.25, 0.3) is 0 Å². The van der Waals surface area contributed by atoms with Crippen molar-refractivity contribution >= 4 is 17.9 Å². The summed E-state index contributed by atoms with van der Waals surface area (Å²) in [6, 6.07) is 0. The Labute approximate surface area is 456 Å². The molecule has 0 rings (SSSR count). The van der Waals surface area contributed by atoms with Gasteiger partial charge in [-0.2, -0.15) is 0 Å². The molecule has 10 heteroatoms. The minimum Gasteiger partial charge on any atom is -0.481 e. The van der Waals surface area contributed by atoms with Gasteiger partial charge in [0.05, 0.1) is 12.7 Å². The van der Waals surface area contributed by atoms with E-state index in [0.717, 1.165) is 89.9 Å². The number of ether oxygens (including phenoxy) is 2. The van der Waals surface area contributed by atoms with Gasteiger partial charge in [0, 0.05) is 32.4 Å². The largest absolute Gasteiger partial charge is 0.481 e. The number of carboxylic acids is 1. The molecule has 0 aliphatic carbocycles. The molecule has 432 valence electrons. The fourth-order valence-electron chi connectivity index (χ4n) is 7.76. The number of hydrogen-bond donors (Lipinski definition) is 3. The molecule has 0 aromatic carbocycles. The number of aliphatic hydroxyl groups excluding tert-OH is 2. The summed E-state index contributed by atoms with van der Waals surface area (Å²) in [5.41, 5.74) is 0. The van der Waals surface area contributed by atoms with Crippen LogP contribution in [0.3, 0.4) is 0 Å². The first kappa shape index (κ1) is 74.9. The van der Waals surface area contributed by atoms with E-state index >= 15 is 0 Å². The van der Waals surface area contributed by atoms with Crippen LogP contribution < -0.4 is 0 Å². The molecule has 0 heterocycles. The summed E-state index contributed by atoms with van der Waals surface area (Å²) >= 11 is 0. The molecular weight excluding hydrogens is 925 g/mol. The molecule has 10 nitrogen and oxygen atoms in total. The van der Waals surface area contributed by atoms with Crippen molar-refractivity contribution in [3.63, 3.8) is 0 Å². The molecule has 0 aromatic heterocycles. The van der Waals surface area contributed by atoms with E-state index in [9.17, 15) is 14.4 Å². The van der Waals surface area contributed by atoms with E-state index < -0.39 is 18.2 Å². The Bertz CT molecular complexity index is 1370. The zero-order valence-electron chi connectivity index (χ0n) is 49.1. The third kappa shape index (κ3) is 70.8. The fraction of sp³-hybridized carbons (Fsp3) is 0.766. The monoisotopic (exact) mass is 1040 g/mol. The molecule has 2 unspecified atom stereocenters. The van der Waals surface area contributed by atoms with Crippen LogP contribution in [0.1, 0.15) is 252 Å². The Morgan fingerprint density at radius 3 is 1.04 bits per heavy atom. The first-order chi connectivity index (χ1) is 35.9.